The lowest BCUT2D eigenvalue weighted by atomic mass is 9.95. The van der Waals surface area contributed by atoms with Crippen molar-refractivity contribution < 1.29 is 28.9 Å². The van der Waals surface area contributed by atoms with Crippen LogP contribution in [0.1, 0.15) is 36.1 Å². The maximum Gasteiger partial charge on any atom is 0.301 e. The van der Waals surface area contributed by atoms with E-state index in [9.17, 15) is 14.7 Å². The van der Waals surface area contributed by atoms with Gasteiger partial charge in [-0.2, -0.15) is 0 Å². The lowest BCUT2D eigenvalue weighted by Gasteiger charge is -2.23. The molecule has 0 radical (unpaired) electrons. The van der Waals surface area contributed by atoms with Gasteiger partial charge in [0.05, 0.1) is 18.2 Å². The summed E-state index contributed by atoms with van der Waals surface area (Å²) in [5.41, 5.74) is 1.88. The van der Waals surface area contributed by atoms with Gasteiger partial charge >= 0.3 is 5.91 Å². The van der Waals surface area contributed by atoms with E-state index in [4.69, 9.17) is 25.8 Å². The highest BCUT2D eigenvalue weighted by Crippen LogP contribution is 2.45. The van der Waals surface area contributed by atoms with E-state index < -0.39 is 17.7 Å². The molecule has 1 amide bonds. The molecule has 3 heterocycles. The molecule has 0 aliphatic carbocycles. The van der Waals surface area contributed by atoms with Crippen LogP contribution in [0.15, 0.2) is 76.6 Å². The van der Waals surface area contributed by atoms with E-state index in [0.29, 0.717) is 63.3 Å². The fourth-order valence-corrected chi connectivity index (χ4v) is 6.72. The van der Waals surface area contributed by atoms with Crippen molar-refractivity contribution in [3.05, 3.63) is 94.0 Å². The van der Waals surface area contributed by atoms with Crippen molar-refractivity contribution in [2.75, 3.05) is 24.7 Å². The number of aromatic nitrogens is 2. The van der Waals surface area contributed by atoms with Crippen LogP contribution in [-0.4, -0.2) is 46.8 Å². The number of ketones is 1. The number of halogens is 1. The Morgan fingerprint density at radius 2 is 1.86 bits per heavy atom. The van der Waals surface area contributed by atoms with Crippen LogP contribution >= 0.6 is 34.7 Å². The molecular weight excluding hydrogens is 610 g/mol. The standard InChI is InChI=1S/C31H26ClN3O6S2/c1-2-12-39-22-5-3-4-19(15-22)26-25(27(36)20-8-11-23-24(16-20)41-14-13-40-23)28(37)29(38)35(26)30-33-34-31(43-30)42-17-18-6-9-21(32)10-7-18/h3-11,15-16,26,36H,2,12-14,17H2,1H3/t26-/m1/s1. The summed E-state index contributed by atoms with van der Waals surface area (Å²) in [6.45, 7) is 3.29. The third kappa shape index (κ3) is 6.06. The number of rotatable bonds is 9. The van der Waals surface area contributed by atoms with Gasteiger partial charge in [0.15, 0.2) is 15.8 Å². The number of carbonyl (C=O) groups excluding carboxylic acids is 2. The summed E-state index contributed by atoms with van der Waals surface area (Å²) < 4.78 is 17.7. The van der Waals surface area contributed by atoms with E-state index in [1.807, 2.05) is 37.3 Å². The zero-order valence-corrected chi connectivity index (χ0v) is 25.4. The highest BCUT2D eigenvalue weighted by Gasteiger charge is 2.48. The molecule has 3 aromatic carbocycles. The SMILES string of the molecule is CCCOc1cccc([C@@H]2C(=C(O)c3ccc4c(c3)OCCO4)C(=O)C(=O)N2c2nnc(SCc3ccc(Cl)cc3)s2)c1. The van der Waals surface area contributed by atoms with Crippen molar-refractivity contribution in [3.8, 4) is 17.2 Å². The molecule has 0 spiro atoms. The molecule has 1 saturated heterocycles. The number of hydrogen-bond donors (Lipinski definition) is 1. The van der Waals surface area contributed by atoms with Crippen LogP contribution in [0.4, 0.5) is 5.13 Å². The first-order chi connectivity index (χ1) is 20.9. The molecule has 0 bridgehead atoms. The highest BCUT2D eigenvalue weighted by molar-refractivity contribution is 8.00. The normalized spacial score (nSPS) is 17.3. The van der Waals surface area contributed by atoms with Gasteiger partial charge in [-0.1, -0.05) is 65.9 Å². The number of benzene rings is 3. The number of aliphatic hydroxyl groups is 1. The molecule has 0 saturated carbocycles. The fourth-order valence-electron chi connectivity index (χ4n) is 4.77. The predicted octanol–water partition coefficient (Wildman–Crippen LogP) is 6.67. The Balaban J connectivity index is 1.39. The van der Waals surface area contributed by atoms with Gasteiger partial charge in [0.25, 0.3) is 5.78 Å². The molecule has 2 aliphatic rings. The minimum absolute atomic E-state index is 0.0695. The van der Waals surface area contributed by atoms with Crippen molar-refractivity contribution in [3.63, 3.8) is 0 Å². The van der Waals surface area contributed by atoms with Crippen LogP contribution in [0.3, 0.4) is 0 Å². The predicted molar refractivity (Wildman–Crippen MR) is 165 cm³/mol. The first-order valence-corrected chi connectivity index (χ1v) is 15.8. The van der Waals surface area contributed by atoms with Crippen LogP contribution in [-0.2, 0) is 15.3 Å². The van der Waals surface area contributed by atoms with Gasteiger partial charge in [0, 0.05) is 16.3 Å². The van der Waals surface area contributed by atoms with Crippen molar-refractivity contribution in [2.45, 2.75) is 29.5 Å². The molecule has 1 fully saturated rings. The minimum atomic E-state index is -0.972. The number of nitrogens with zero attached hydrogens (tertiary/aromatic N) is 3. The number of amides is 1. The van der Waals surface area contributed by atoms with E-state index in [1.165, 1.54) is 28.0 Å². The van der Waals surface area contributed by atoms with Gasteiger partial charge in [-0.25, -0.2) is 0 Å². The summed E-state index contributed by atoms with van der Waals surface area (Å²) in [5, 5.41) is 21.0. The van der Waals surface area contributed by atoms with E-state index in [0.717, 1.165) is 12.0 Å². The van der Waals surface area contributed by atoms with Crippen LogP contribution < -0.4 is 19.1 Å². The summed E-state index contributed by atoms with van der Waals surface area (Å²) >= 11 is 8.66. The molecule has 1 aromatic heterocycles. The number of anilines is 1. The van der Waals surface area contributed by atoms with Crippen LogP contribution in [0.25, 0.3) is 5.76 Å². The minimum Gasteiger partial charge on any atom is -0.507 e. The Labute approximate surface area is 261 Å². The van der Waals surface area contributed by atoms with Crippen LogP contribution in [0, 0.1) is 0 Å². The molecule has 4 aromatic rings. The molecule has 0 unspecified atom stereocenters. The Kier molecular flexibility index (Phi) is 8.55. The third-order valence-corrected chi connectivity index (χ3v) is 9.16. The maximum atomic E-state index is 13.6. The van der Waals surface area contributed by atoms with Gasteiger partial charge < -0.3 is 19.3 Å². The Hall–Kier alpha value is -4.06. The smallest absolute Gasteiger partial charge is 0.301 e. The molecule has 6 rings (SSSR count). The molecule has 1 atom stereocenters. The molecule has 1 N–H and O–H groups in total. The molecule has 220 valence electrons. The number of thioether (sulfide) groups is 1. The number of hydrogen-bond acceptors (Lipinski definition) is 10. The lowest BCUT2D eigenvalue weighted by Crippen LogP contribution is -2.29. The second-order valence-electron chi connectivity index (χ2n) is 9.71. The van der Waals surface area contributed by atoms with E-state index >= 15 is 0 Å². The maximum absolute atomic E-state index is 13.6. The third-order valence-electron chi connectivity index (χ3n) is 6.78. The molecule has 2 aliphatic heterocycles. The number of Topliss-reactive ketones (excluding diaryl/α,β-unsaturated/α-hetero) is 1. The molecule has 43 heavy (non-hydrogen) atoms. The molecule has 12 heteroatoms. The van der Waals surface area contributed by atoms with Gasteiger partial charge in [0.2, 0.25) is 5.13 Å². The van der Waals surface area contributed by atoms with E-state index in [-0.39, 0.29) is 16.5 Å². The first-order valence-electron chi connectivity index (χ1n) is 13.6. The summed E-state index contributed by atoms with van der Waals surface area (Å²) in [4.78, 5) is 28.5. The Bertz CT molecular complexity index is 1710. The number of carbonyl (C=O) groups is 2. The Morgan fingerprint density at radius 3 is 2.65 bits per heavy atom. The topological polar surface area (TPSA) is 111 Å². The quantitative estimate of drug-likeness (QED) is 0.0708. The van der Waals surface area contributed by atoms with Gasteiger partial charge in [-0.15, -0.1) is 10.2 Å². The largest absolute Gasteiger partial charge is 0.507 e. The number of aliphatic hydroxyl groups excluding tert-OH is 1. The second kappa shape index (κ2) is 12.7. The summed E-state index contributed by atoms with van der Waals surface area (Å²) in [7, 11) is 0. The average Bonchev–Trinajstić information content (AvgIpc) is 3.61. The fraction of sp³-hybridized carbons (Fsp3) is 0.226. The number of fused-ring (bicyclic) bond motifs is 1. The zero-order chi connectivity index (χ0) is 29.9. The average molecular weight is 636 g/mol. The van der Waals surface area contributed by atoms with Crippen LogP contribution in [0.2, 0.25) is 5.02 Å². The first kappa shape index (κ1) is 29.0. The van der Waals surface area contributed by atoms with Crippen LogP contribution in [0.5, 0.6) is 17.2 Å². The summed E-state index contributed by atoms with van der Waals surface area (Å²) in [6, 6.07) is 18.6. The van der Waals surface area contributed by atoms with Crippen molar-refractivity contribution >= 4 is 57.3 Å². The van der Waals surface area contributed by atoms with Gasteiger partial charge in [-0.3, -0.25) is 14.5 Å². The highest BCUT2D eigenvalue weighted by atomic mass is 35.5. The van der Waals surface area contributed by atoms with Crippen molar-refractivity contribution in [1.29, 1.82) is 0 Å². The van der Waals surface area contributed by atoms with Crippen molar-refractivity contribution in [1.82, 2.24) is 10.2 Å². The van der Waals surface area contributed by atoms with Crippen molar-refractivity contribution in [2.24, 2.45) is 0 Å². The molecule has 9 nitrogen and oxygen atoms in total. The lowest BCUT2D eigenvalue weighted by molar-refractivity contribution is -0.132. The summed E-state index contributed by atoms with van der Waals surface area (Å²) in [5.74, 6) is 0.220. The monoisotopic (exact) mass is 635 g/mol. The number of ether oxygens (including phenoxy) is 3. The molecular formula is C31H26ClN3O6S2. The summed E-state index contributed by atoms with van der Waals surface area (Å²) in [6.07, 6.45) is 0.814. The Morgan fingerprint density at radius 1 is 1.07 bits per heavy atom. The zero-order valence-electron chi connectivity index (χ0n) is 23.0. The van der Waals surface area contributed by atoms with E-state index in [1.54, 1.807) is 36.4 Å². The van der Waals surface area contributed by atoms with Gasteiger partial charge in [0.1, 0.15) is 24.7 Å². The second-order valence-corrected chi connectivity index (χ2v) is 12.3. The van der Waals surface area contributed by atoms with E-state index in [2.05, 4.69) is 10.2 Å². The van der Waals surface area contributed by atoms with Gasteiger partial charge in [-0.05, 0) is 60.0 Å².